The molecule has 0 bridgehead atoms. The number of hydrogen-bond donors (Lipinski definition) is 2. The second-order valence-corrected chi connectivity index (χ2v) is 7.96. The van der Waals surface area contributed by atoms with Crippen molar-refractivity contribution in [1.29, 1.82) is 0 Å². The van der Waals surface area contributed by atoms with Gasteiger partial charge in [-0.25, -0.2) is 14.4 Å². The predicted molar refractivity (Wildman–Crippen MR) is 113 cm³/mol. The number of unbranched alkanes of at least 4 members (excludes halogenated alkanes) is 2. The summed E-state index contributed by atoms with van der Waals surface area (Å²) < 4.78 is 25.3. The first-order valence-electron chi connectivity index (χ1n) is 10.8. The molecule has 1 aliphatic carbocycles. The number of H-pyrrole nitrogens is 1. The van der Waals surface area contributed by atoms with Crippen LogP contribution in [-0.2, 0) is 0 Å². The summed E-state index contributed by atoms with van der Waals surface area (Å²) in [6, 6.07) is 4.51. The second-order valence-electron chi connectivity index (χ2n) is 7.96. The summed E-state index contributed by atoms with van der Waals surface area (Å²) in [6.45, 7) is 0. The number of oxazole rings is 1. The van der Waals surface area contributed by atoms with E-state index in [2.05, 4.69) is 15.0 Å². The van der Waals surface area contributed by atoms with Gasteiger partial charge >= 0.3 is 0 Å². The summed E-state index contributed by atoms with van der Waals surface area (Å²) in [5, 5.41) is 0. The molecule has 0 amide bonds. The molecule has 4 rings (SSSR count). The van der Waals surface area contributed by atoms with E-state index in [0.717, 1.165) is 32.1 Å². The molecule has 1 saturated carbocycles. The first-order valence-corrected chi connectivity index (χ1v) is 10.8. The van der Waals surface area contributed by atoms with Crippen molar-refractivity contribution in [1.82, 2.24) is 15.0 Å². The summed E-state index contributed by atoms with van der Waals surface area (Å²) in [4.78, 5) is 23.2. The zero-order valence-corrected chi connectivity index (χ0v) is 17.4. The minimum atomic E-state index is -0.333. The number of ketones is 1. The predicted octanol–water partition coefficient (Wildman–Crippen LogP) is 4.97. The summed E-state index contributed by atoms with van der Waals surface area (Å²) in [6.07, 6.45) is 11.6. The highest BCUT2D eigenvalue weighted by Crippen LogP contribution is 2.30. The van der Waals surface area contributed by atoms with Crippen LogP contribution in [0.3, 0.4) is 0 Å². The van der Waals surface area contributed by atoms with Crippen LogP contribution in [0.15, 0.2) is 41.3 Å². The van der Waals surface area contributed by atoms with E-state index in [0.29, 0.717) is 35.7 Å². The number of nitrogens with two attached hydrogens (primary N) is 1. The van der Waals surface area contributed by atoms with Crippen LogP contribution in [-0.4, -0.2) is 26.8 Å². The number of aromatic amines is 1. The Morgan fingerprint density at radius 2 is 2.16 bits per heavy atom. The van der Waals surface area contributed by atoms with Crippen LogP contribution < -0.4 is 10.5 Å². The van der Waals surface area contributed by atoms with E-state index < -0.39 is 0 Å². The molecule has 0 aliphatic heterocycles. The molecule has 0 radical (unpaired) electrons. The number of ether oxygens (including phenoxy) is 1. The molecule has 2 heterocycles. The van der Waals surface area contributed by atoms with Gasteiger partial charge in [-0.3, -0.25) is 4.79 Å². The molecule has 1 aromatic carbocycles. The number of carbonyl (C=O) groups excluding carboxylic acids is 1. The molecule has 0 unspecified atom stereocenters. The van der Waals surface area contributed by atoms with Crippen LogP contribution in [0.1, 0.15) is 73.9 Å². The third-order valence-electron chi connectivity index (χ3n) is 5.62. The van der Waals surface area contributed by atoms with E-state index in [1.165, 1.54) is 24.9 Å². The summed E-state index contributed by atoms with van der Waals surface area (Å²) in [7, 11) is 0. The van der Waals surface area contributed by atoms with Gasteiger partial charge in [0.2, 0.25) is 5.78 Å². The lowest BCUT2D eigenvalue weighted by Crippen LogP contribution is -2.24. The molecule has 7 nitrogen and oxygen atoms in total. The average Bonchev–Trinajstić information content (AvgIpc) is 3.43. The fraction of sp³-hybridized carbons (Fsp3) is 0.435. The van der Waals surface area contributed by atoms with Crippen LogP contribution in [0.4, 0.5) is 4.39 Å². The van der Waals surface area contributed by atoms with Crippen molar-refractivity contribution in [3.05, 3.63) is 54.4 Å². The van der Waals surface area contributed by atoms with Gasteiger partial charge in [0, 0.05) is 12.0 Å². The SMILES string of the molecule is N[C@@H](CCCCCC(=O)c1ncco1)c1ncc(-c2cc(OC3CCC3)ccc2F)[nH]1. The maximum atomic E-state index is 14.4. The number of Topliss-reactive ketones (excluding diaryl/α,β-unsaturated/α-hetero) is 1. The number of hydrogen-bond acceptors (Lipinski definition) is 6. The lowest BCUT2D eigenvalue weighted by Gasteiger charge is -2.26. The van der Waals surface area contributed by atoms with Gasteiger partial charge in [0.15, 0.2) is 0 Å². The van der Waals surface area contributed by atoms with Gasteiger partial charge in [0.1, 0.15) is 23.7 Å². The highest BCUT2D eigenvalue weighted by molar-refractivity contribution is 5.91. The number of benzene rings is 1. The Morgan fingerprint density at radius 3 is 2.90 bits per heavy atom. The van der Waals surface area contributed by atoms with Crippen molar-refractivity contribution in [3.63, 3.8) is 0 Å². The molecule has 0 spiro atoms. The van der Waals surface area contributed by atoms with Gasteiger partial charge in [-0.2, -0.15) is 0 Å². The van der Waals surface area contributed by atoms with Crippen LogP contribution >= 0.6 is 0 Å². The van der Waals surface area contributed by atoms with E-state index in [1.54, 1.807) is 18.3 Å². The first kappa shape index (κ1) is 21.2. The molecule has 1 atom stereocenters. The van der Waals surface area contributed by atoms with Crippen LogP contribution in [0.25, 0.3) is 11.3 Å². The zero-order valence-electron chi connectivity index (χ0n) is 17.4. The number of carbonyl (C=O) groups is 1. The summed E-state index contributed by atoms with van der Waals surface area (Å²) >= 11 is 0. The molecular formula is C23H27FN4O3. The Labute approximate surface area is 180 Å². The number of aromatic nitrogens is 3. The van der Waals surface area contributed by atoms with E-state index in [1.807, 2.05) is 0 Å². The Kier molecular flexibility index (Phi) is 6.76. The number of nitrogens with one attached hydrogen (secondary N) is 1. The normalized spacial score (nSPS) is 14.9. The minimum absolute atomic E-state index is 0.0875. The standard InChI is InChI=1S/C23H27FN4O3/c24-18-10-9-16(31-15-5-4-6-15)13-17(18)20-14-27-22(28-20)19(25)7-2-1-3-8-21(29)23-26-11-12-30-23/h9-15,19H,1-8,25H2,(H,27,28)/t19-/m0/s1. The van der Waals surface area contributed by atoms with E-state index in [9.17, 15) is 9.18 Å². The largest absolute Gasteiger partial charge is 0.490 e. The van der Waals surface area contributed by atoms with Crippen molar-refractivity contribution in [2.45, 2.75) is 63.5 Å². The van der Waals surface area contributed by atoms with Crippen molar-refractivity contribution >= 4 is 5.78 Å². The summed E-state index contributed by atoms with van der Waals surface area (Å²) in [5.41, 5.74) is 7.27. The third-order valence-corrected chi connectivity index (χ3v) is 5.62. The van der Waals surface area contributed by atoms with Crippen LogP contribution in [0, 0.1) is 5.82 Å². The number of nitrogens with zero attached hydrogens (tertiary/aromatic N) is 2. The summed E-state index contributed by atoms with van der Waals surface area (Å²) in [5.74, 6) is 1.03. The van der Waals surface area contributed by atoms with Crippen molar-refractivity contribution in [3.8, 4) is 17.0 Å². The van der Waals surface area contributed by atoms with Crippen LogP contribution in [0.2, 0.25) is 0 Å². The Morgan fingerprint density at radius 1 is 1.29 bits per heavy atom. The van der Waals surface area contributed by atoms with Gasteiger partial charge < -0.3 is 19.9 Å². The van der Waals surface area contributed by atoms with E-state index in [4.69, 9.17) is 14.9 Å². The zero-order chi connectivity index (χ0) is 21.6. The quantitative estimate of drug-likeness (QED) is 0.331. The first-order chi connectivity index (χ1) is 15.1. The molecule has 2 aromatic heterocycles. The van der Waals surface area contributed by atoms with Gasteiger partial charge in [-0.1, -0.05) is 12.8 Å². The highest BCUT2D eigenvalue weighted by Gasteiger charge is 2.20. The molecule has 1 aliphatic rings. The molecule has 31 heavy (non-hydrogen) atoms. The van der Waals surface area contributed by atoms with E-state index in [-0.39, 0.29) is 29.6 Å². The van der Waals surface area contributed by atoms with Crippen molar-refractivity contribution in [2.24, 2.45) is 5.73 Å². The third kappa shape index (κ3) is 5.38. The maximum absolute atomic E-state index is 14.4. The second kappa shape index (κ2) is 9.87. The Bertz CT molecular complexity index is 998. The van der Waals surface area contributed by atoms with Gasteiger partial charge in [0.05, 0.1) is 30.2 Å². The number of halogens is 1. The number of rotatable bonds is 11. The Balaban J connectivity index is 1.27. The van der Waals surface area contributed by atoms with Crippen LogP contribution in [0.5, 0.6) is 5.75 Å². The lowest BCUT2D eigenvalue weighted by atomic mass is 9.96. The average molecular weight is 426 g/mol. The van der Waals surface area contributed by atoms with Gasteiger partial charge in [-0.15, -0.1) is 0 Å². The van der Waals surface area contributed by atoms with Gasteiger partial charge in [-0.05, 0) is 50.3 Å². The monoisotopic (exact) mass is 426 g/mol. The number of imidazole rings is 1. The maximum Gasteiger partial charge on any atom is 0.263 e. The van der Waals surface area contributed by atoms with Crippen molar-refractivity contribution in [2.75, 3.05) is 0 Å². The molecule has 8 heteroatoms. The smallest absolute Gasteiger partial charge is 0.263 e. The Hall–Kier alpha value is -3.00. The molecule has 0 saturated heterocycles. The van der Waals surface area contributed by atoms with Gasteiger partial charge in [0.25, 0.3) is 5.89 Å². The molecule has 164 valence electrons. The fourth-order valence-electron chi connectivity index (χ4n) is 3.56. The van der Waals surface area contributed by atoms with E-state index >= 15 is 0 Å². The minimum Gasteiger partial charge on any atom is -0.490 e. The highest BCUT2D eigenvalue weighted by atomic mass is 19.1. The molecule has 3 aromatic rings. The fourth-order valence-corrected chi connectivity index (χ4v) is 3.56. The molecular weight excluding hydrogens is 399 g/mol. The molecule has 3 N–H and O–H groups in total. The molecule has 1 fully saturated rings. The lowest BCUT2D eigenvalue weighted by molar-refractivity contribution is 0.0945. The van der Waals surface area contributed by atoms with Crippen molar-refractivity contribution < 1.29 is 18.3 Å². The topological polar surface area (TPSA) is 107 Å².